The first-order valence-electron chi connectivity index (χ1n) is 8.88. The lowest BCUT2D eigenvalue weighted by molar-refractivity contribution is 0.102. The molecule has 0 spiro atoms. The van der Waals surface area contributed by atoms with Crippen molar-refractivity contribution in [1.82, 2.24) is 0 Å². The standard InChI is InChI=1S/C20H23Cl2N3O2/c1-12-5-7-25(8-6-12)18-4-3-14(23)11-17(18)24-20(26)13-9-15(21)19(27-2)16(22)10-13/h3-4,9-12H,5-8,23H2,1-2H3,(H,24,26). The molecular weight excluding hydrogens is 385 g/mol. The number of piperidine rings is 1. The Morgan fingerprint density at radius 1 is 1.19 bits per heavy atom. The molecule has 5 nitrogen and oxygen atoms in total. The van der Waals surface area contributed by atoms with E-state index in [1.807, 2.05) is 12.1 Å². The molecule has 0 aromatic heterocycles. The van der Waals surface area contributed by atoms with Gasteiger partial charge in [-0.3, -0.25) is 4.79 Å². The lowest BCUT2D eigenvalue weighted by Crippen LogP contribution is -2.33. The molecule has 1 heterocycles. The van der Waals surface area contributed by atoms with Gasteiger partial charge < -0.3 is 20.7 Å². The fraction of sp³-hybridized carbons (Fsp3) is 0.350. The molecule has 1 aliphatic rings. The maximum absolute atomic E-state index is 12.8. The first-order valence-corrected chi connectivity index (χ1v) is 9.63. The summed E-state index contributed by atoms with van der Waals surface area (Å²) in [6, 6.07) is 8.66. The van der Waals surface area contributed by atoms with Crippen LogP contribution in [-0.4, -0.2) is 26.1 Å². The van der Waals surface area contributed by atoms with E-state index in [2.05, 4.69) is 17.1 Å². The molecule has 27 heavy (non-hydrogen) atoms. The van der Waals surface area contributed by atoms with Gasteiger partial charge in [-0.1, -0.05) is 30.1 Å². The number of nitrogens with two attached hydrogens (primary N) is 1. The summed E-state index contributed by atoms with van der Waals surface area (Å²) in [6.07, 6.45) is 2.25. The zero-order valence-corrected chi connectivity index (χ0v) is 16.9. The van der Waals surface area contributed by atoms with Crippen LogP contribution in [0.2, 0.25) is 10.0 Å². The largest absolute Gasteiger partial charge is 0.494 e. The number of halogens is 2. The fourth-order valence-electron chi connectivity index (χ4n) is 3.26. The average Bonchev–Trinajstić information content (AvgIpc) is 2.62. The Bertz CT molecular complexity index is 826. The number of carbonyl (C=O) groups is 1. The Morgan fingerprint density at radius 2 is 1.81 bits per heavy atom. The number of rotatable bonds is 4. The Kier molecular flexibility index (Phi) is 6.02. The van der Waals surface area contributed by atoms with Crippen molar-refractivity contribution in [3.63, 3.8) is 0 Å². The summed E-state index contributed by atoms with van der Waals surface area (Å²) in [4.78, 5) is 15.1. The molecule has 7 heteroatoms. The summed E-state index contributed by atoms with van der Waals surface area (Å²) in [7, 11) is 1.48. The lowest BCUT2D eigenvalue weighted by atomic mass is 9.98. The molecule has 1 saturated heterocycles. The second-order valence-corrected chi connectivity index (χ2v) is 7.69. The van der Waals surface area contributed by atoms with Gasteiger partial charge in [0.2, 0.25) is 0 Å². The van der Waals surface area contributed by atoms with Gasteiger partial charge in [0, 0.05) is 24.3 Å². The predicted octanol–water partition coefficient (Wildman–Crippen LogP) is 5.07. The number of hydrogen-bond acceptors (Lipinski definition) is 4. The predicted molar refractivity (Wildman–Crippen MR) is 112 cm³/mol. The van der Waals surface area contributed by atoms with Crippen LogP contribution in [0.3, 0.4) is 0 Å². The van der Waals surface area contributed by atoms with Crippen molar-refractivity contribution in [3.8, 4) is 5.75 Å². The molecular formula is C20H23Cl2N3O2. The third-order valence-electron chi connectivity index (χ3n) is 4.86. The maximum Gasteiger partial charge on any atom is 0.255 e. The SMILES string of the molecule is COc1c(Cl)cc(C(=O)Nc2cc(N)ccc2N2CCC(C)CC2)cc1Cl. The van der Waals surface area contributed by atoms with Crippen LogP contribution in [0.1, 0.15) is 30.1 Å². The highest BCUT2D eigenvalue weighted by Crippen LogP contribution is 2.35. The van der Waals surface area contributed by atoms with Crippen LogP contribution in [0.25, 0.3) is 0 Å². The molecule has 1 amide bonds. The minimum atomic E-state index is -0.307. The molecule has 0 saturated carbocycles. The molecule has 1 aliphatic heterocycles. The Labute approximate surface area is 169 Å². The summed E-state index contributed by atoms with van der Waals surface area (Å²) in [5.74, 6) is 0.761. The summed E-state index contributed by atoms with van der Waals surface area (Å²) in [5.41, 5.74) is 8.54. The van der Waals surface area contributed by atoms with Gasteiger partial charge in [-0.05, 0) is 49.1 Å². The summed E-state index contributed by atoms with van der Waals surface area (Å²) >= 11 is 12.3. The Morgan fingerprint density at radius 3 is 2.41 bits per heavy atom. The van der Waals surface area contributed by atoms with Crippen LogP contribution in [-0.2, 0) is 0 Å². The van der Waals surface area contributed by atoms with Crippen molar-refractivity contribution >= 4 is 46.2 Å². The van der Waals surface area contributed by atoms with Crippen LogP contribution in [0.15, 0.2) is 30.3 Å². The highest BCUT2D eigenvalue weighted by Gasteiger charge is 2.20. The second-order valence-electron chi connectivity index (χ2n) is 6.87. The number of benzene rings is 2. The number of amides is 1. The monoisotopic (exact) mass is 407 g/mol. The van der Waals surface area contributed by atoms with Crippen molar-refractivity contribution in [2.24, 2.45) is 5.92 Å². The third-order valence-corrected chi connectivity index (χ3v) is 5.42. The quantitative estimate of drug-likeness (QED) is 0.693. The smallest absolute Gasteiger partial charge is 0.255 e. The van der Waals surface area contributed by atoms with Gasteiger partial charge in [0.1, 0.15) is 0 Å². The number of ether oxygens (including phenoxy) is 1. The van der Waals surface area contributed by atoms with E-state index >= 15 is 0 Å². The van der Waals surface area contributed by atoms with Crippen molar-refractivity contribution in [2.45, 2.75) is 19.8 Å². The molecule has 0 atom stereocenters. The molecule has 3 rings (SSSR count). The van der Waals surface area contributed by atoms with Gasteiger partial charge in [-0.2, -0.15) is 0 Å². The highest BCUT2D eigenvalue weighted by atomic mass is 35.5. The van der Waals surface area contributed by atoms with Crippen molar-refractivity contribution in [1.29, 1.82) is 0 Å². The number of hydrogen-bond donors (Lipinski definition) is 2. The van der Waals surface area contributed by atoms with Crippen molar-refractivity contribution in [2.75, 3.05) is 36.1 Å². The second kappa shape index (κ2) is 8.28. The zero-order chi connectivity index (χ0) is 19.6. The summed E-state index contributed by atoms with van der Waals surface area (Å²) in [6.45, 7) is 4.17. The van der Waals surface area contributed by atoms with Crippen LogP contribution in [0.5, 0.6) is 5.75 Å². The van der Waals surface area contributed by atoms with Gasteiger partial charge >= 0.3 is 0 Å². The highest BCUT2D eigenvalue weighted by molar-refractivity contribution is 6.37. The number of nitrogen functional groups attached to an aromatic ring is 1. The molecule has 2 aromatic rings. The first kappa shape index (κ1) is 19.6. The lowest BCUT2D eigenvalue weighted by Gasteiger charge is -2.33. The van der Waals surface area contributed by atoms with Crippen LogP contribution in [0, 0.1) is 5.92 Å². The fourth-order valence-corrected chi connectivity index (χ4v) is 3.90. The van der Waals surface area contributed by atoms with Gasteiger partial charge in [0.15, 0.2) is 5.75 Å². The van der Waals surface area contributed by atoms with Crippen LogP contribution >= 0.6 is 23.2 Å². The molecule has 0 aliphatic carbocycles. The molecule has 0 unspecified atom stereocenters. The molecule has 0 bridgehead atoms. The normalized spacial score (nSPS) is 14.9. The zero-order valence-electron chi connectivity index (χ0n) is 15.4. The Balaban J connectivity index is 1.87. The molecule has 144 valence electrons. The van der Waals surface area contributed by atoms with Gasteiger partial charge in [0.25, 0.3) is 5.91 Å². The molecule has 3 N–H and O–H groups in total. The Hall–Kier alpha value is -2.11. The van der Waals surface area contributed by atoms with Crippen LogP contribution < -0.4 is 20.7 Å². The van der Waals surface area contributed by atoms with E-state index in [9.17, 15) is 4.79 Å². The van der Waals surface area contributed by atoms with Gasteiger partial charge in [0.05, 0.1) is 28.5 Å². The van der Waals surface area contributed by atoms with E-state index < -0.39 is 0 Å². The van der Waals surface area contributed by atoms with E-state index in [0.717, 1.165) is 37.5 Å². The number of nitrogens with one attached hydrogen (secondary N) is 1. The van der Waals surface area contributed by atoms with Gasteiger partial charge in [-0.15, -0.1) is 0 Å². The van der Waals surface area contributed by atoms with Crippen LogP contribution in [0.4, 0.5) is 17.1 Å². The number of anilines is 3. The van der Waals surface area contributed by atoms with Gasteiger partial charge in [-0.25, -0.2) is 0 Å². The first-order chi connectivity index (χ1) is 12.9. The average molecular weight is 408 g/mol. The van der Waals surface area contributed by atoms with Crippen molar-refractivity contribution < 1.29 is 9.53 Å². The minimum absolute atomic E-state index is 0.285. The molecule has 1 fully saturated rings. The summed E-state index contributed by atoms with van der Waals surface area (Å²) in [5, 5.41) is 3.52. The minimum Gasteiger partial charge on any atom is -0.494 e. The van der Waals surface area contributed by atoms with E-state index in [1.165, 1.54) is 19.2 Å². The van der Waals surface area contributed by atoms with E-state index in [0.29, 0.717) is 22.7 Å². The van der Waals surface area contributed by atoms with E-state index in [1.54, 1.807) is 6.07 Å². The van der Waals surface area contributed by atoms with E-state index in [-0.39, 0.29) is 16.0 Å². The number of methoxy groups -OCH3 is 1. The van der Waals surface area contributed by atoms with E-state index in [4.69, 9.17) is 33.7 Å². The topological polar surface area (TPSA) is 67.6 Å². The van der Waals surface area contributed by atoms with Crippen molar-refractivity contribution in [3.05, 3.63) is 45.9 Å². The molecule has 2 aromatic carbocycles. The summed E-state index contributed by atoms with van der Waals surface area (Å²) < 4.78 is 5.13. The third kappa shape index (κ3) is 4.42. The maximum atomic E-state index is 12.8. The number of nitrogens with zero attached hydrogens (tertiary/aromatic N) is 1. The molecule has 0 radical (unpaired) electrons. The number of carbonyl (C=O) groups excluding carboxylic acids is 1.